The van der Waals surface area contributed by atoms with E-state index in [0.717, 1.165) is 32.5 Å². The standard InChI is InChI=1S/C27H40ClF2N3O3/c1-3-4-5-6-12-32-13-10-20(11-14-32)31-26(36)27(15-24(34)35)18-33(16-19(27)2)17-22-21(25(29)30)8-7-9-23(22)28/h7-9,19-20,25H,3-6,10-18H2,1-2H3,(H,31,36)(H,34,35)/t19-,27+/m1/s1. The Morgan fingerprint density at radius 3 is 2.56 bits per heavy atom. The van der Waals surface area contributed by atoms with Crippen molar-refractivity contribution < 1.29 is 23.5 Å². The van der Waals surface area contributed by atoms with Gasteiger partial charge in [0, 0.05) is 49.4 Å². The van der Waals surface area contributed by atoms with Crippen molar-refractivity contribution in [2.75, 3.05) is 32.7 Å². The summed E-state index contributed by atoms with van der Waals surface area (Å²) in [4.78, 5) is 29.7. The lowest BCUT2D eigenvalue weighted by Gasteiger charge is -2.36. The number of carbonyl (C=O) groups excluding carboxylic acids is 1. The summed E-state index contributed by atoms with van der Waals surface area (Å²) in [6.45, 7) is 7.78. The molecule has 2 aliphatic rings. The van der Waals surface area contributed by atoms with E-state index in [4.69, 9.17) is 11.6 Å². The minimum atomic E-state index is -2.66. The Morgan fingerprint density at radius 1 is 1.19 bits per heavy atom. The number of nitrogens with zero attached hydrogens (tertiary/aromatic N) is 2. The van der Waals surface area contributed by atoms with Gasteiger partial charge in [0.15, 0.2) is 0 Å². The molecule has 9 heteroatoms. The summed E-state index contributed by atoms with van der Waals surface area (Å²) in [5.74, 6) is -1.52. The van der Waals surface area contributed by atoms with E-state index in [-0.39, 0.29) is 48.0 Å². The Morgan fingerprint density at radius 2 is 1.92 bits per heavy atom. The van der Waals surface area contributed by atoms with E-state index in [1.54, 1.807) is 6.07 Å². The van der Waals surface area contributed by atoms with Crippen LogP contribution in [0.15, 0.2) is 18.2 Å². The number of nitrogens with one attached hydrogen (secondary N) is 1. The van der Waals surface area contributed by atoms with Crippen molar-refractivity contribution >= 4 is 23.5 Å². The lowest BCUT2D eigenvalue weighted by molar-refractivity contribution is -0.147. The van der Waals surface area contributed by atoms with Gasteiger partial charge in [-0.25, -0.2) is 8.78 Å². The van der Waals surface area contributed by atoms with Crippen LogP contribution in [-0.4, -0.2) is 65.5 Å². The fourth-order valence-corrected chi connectivity index (χ4v) is 5.98. The quantitative estimate of drug-likeness (QED) is 0.358. The number of piperidine rings is 1. The molecule has 2 fully saturated rings. The monoisotopic (exact) mass is 527 g/mol. The molecule has 2 heterocycles. The van der Waals surface area contributed by atoms with Gasteiger partial charge in [0.2, 0.25) is 5.91 Å². The third-order valence-electron chi connectivity index (χ3n) is 7.92. The van der Waals surface area contributed by atoms with E-state index >= 15 is 0 Å². The van der Waals surface area contributed by atoms with E-state index in [2.05, 4.69) is 17.1 Å². The van der Waals surface area contributed by atoms with Gasteiger partial charge < -0.3 is 15.3 Å². The maximum atomic E-state index is 13.6. The Bertz CT molecular complexity index is 895. The molecule has 0 saturated carbocycles. The van der Waals surface area contributed by atoms with Crippen molar-refractivity contribution in [1.29, 1.82) is 0 Å². The van der Waals surface area contributed by atoms with Crippen LogP contribution in [0.5, 0.6) is 0 Å². The van der Waals surface area contributed by atoms with Gasteiger partial charge in [-0.2, -0.15) is 0 Å². The van der Waals surface area contributed by atoms with E-state index < -0.39 is 17.8 Å². The third-order valence-corrected chi connectivity index (χ3v) is 8.28. The molecule has 0 unspecified atom stereocenters. The molecule has 2 saturated heterocycles. The Hall–Kier alpha value is -1.77. The molecule has 6 nitrogen and oxygen atoms in total. The highest BCUT2D eigenvalue weighted by molar-refractivity contribution is 6.31. The van der Waals surface area contributed by atoms with Crippen molar-refractivity contribution in [3.63, 3.8) is 0 Å². The Kier molecular flexibility index (Phi) is 10.5. The van der Waals surface area contributed by atoms with Crippen LogP contribution >= 0.6 is 11.6 Å². The van der Waals surface area contributed by atoms with Crippen molar-refractivity contribution in [3.05, 3.63) is 34.3 Å². The smallest absolute Gasteiger partial charge is 0.304 e. The molecule has 0 radical (unpaired) electrons. The highest BCUT2D eigenvalue weighted by Gasteiger charge is 2.51. The number of amides is 1. The van der Waals surface area contributed by atoms with Crippen molar-refractivity contribution in [2.45, 2.75) is 77.8 Å². The van der Waals surface area contributed by atoms with Gasteiger partial charge in [0.05, 0.1) is 11.8 Å². The molecule has 0 aromatic heterocycles. The molecule has 202 valence electrons. The van der Waals surface area contributed by atoms with Crippen LogP contribution < -0.4 is 5.32 Å². The molecular weight excluding hydrogens is 488 g/mol. The normalized spacial score (nSPS) is 23.9. The maximum absolute atomic E-state index is 13.6. The molecule has 1 amide bonds. The molecule has 36 heavy (non-hydrogen) atoms. The minimum Gasteiger partial charge on any atom is -0.481 e. The first-order valence-electron chi connectivity index (χ1n) is 13.2. The summed E-state index contributed by atoms with van der Waals surface area (Å²) in [7, 11) is 0. The molecular formula is C27H40ClF2N3O3. The van der Waals surface area contributed by atoms with Gasteiger partial charge in [-0.1, -0.05) is 56.8 Å². The van der Waals surface area contributed by atoms with Gasteiger partial charge in [-0.05, 0) is 43.4 Å². The number of likely N-dealkylation sites (tertiary alicyclic amines) is 2. The summed E-state index contributed by atoms with van der Waals surface area (Å²) in [5, 5.41) is 13.1. The predicted molar refractivity (Wildman–Crippen MR) is 137 cm³/mol. The second kappa shape index (κ2) is 13.2. The van der Waals surface area contributed by atoms with Crippen LogP contribution in [0, 0.1) is 11.3 Å². The zero-order valence-electron chi connectivity index (χ0n) is 21.4. The number of hydrogen-bond acceptors (Lipinski definition) is 4. The number of aliphatic carboxylic acids is 1. The zero-order chi connectivity index (χ0) is 26.3. The molecule has 1 aromatic rings. The fraction of sp³-hybridized carbons (Fsp3) is 0.704. The number of rotatable bonds is 12. The molecule has 2 N–H and O–H groups in total. The summed E-state index contributed by atoms with van der Waals surface area (Å²) in [6.07, 6.45) is 3.64. The lowest BCUT2D eigenvalue weighted by Crippen LogP contribution is -2.52. The van der Waals surface area contributed by atoms with E-state index in [0.29, 0.717) is 12.1 Å². The van der Waals surface area contributed by atoms with Crippen LogP contribution in [0.4, 0.5) is 8.78 Å². The second-order valence-corrected chi connectivity index (χ2v) is 11.0. The summed E-state index contributed by atoms with van der Waals surface area (Å²) >= 11 is 6.26. The number of unbranched alkanes of at least 4 members (excludes halogenated alkanes) is 3. The molecule has 0 bridgehead atoms. The number of benzene rings is 1. The van der Waals surface area contributed by atoms with Crippen LogP contribution in [0.25, 0.3) is 0 Å². The highest BCUT2D eigenvalue weighted by atomic mass is 35.5. The molecule has 0 aliphatic carbocycles. The van der Waals surface area contributed by atoms with Crippen molar-refractivity contribution in [2.24, 2.45) is 11.3 Å². The van der Waals surface area contributed by atoms with E-state index in [1.165, 1.54) is 37.8 Å². The van der Waals surface area contributed by atoms with Crippen LogP contribution in [0.2, 0.25) is 5.02 Å². The summed E-state index contributed by atoms with van der Waals surface area (Å²) in [6, 6.07) is 4.46. The first-order valence-corrected chi connectivity index (χ1v) is 13.6. The van der Waals surface area contributed by atoms with Gasteiger partial charge in [0.25, 0.3) is 6.43 Å². The maximum Gasteiger partial charge on any atom is 0.304 e. The van der Waals surface area contributed by atoms with E-state index in [9.17, 15) is 23.5 Å². The van der Waals surface area contributed by atoms with E-state index in [1.807, 2.05) is 11.8 Å². The largest absolute Gasteiger partial charge is 0.481 e. The Balaban J connectivity index is 1.65. The highest BCUT2D eigenvalue weighted by Crippen LogP contribution is 2.41. The van der Waals surface area contributed by atoms with Crippen molar-refractivity contribution in [1.82, 2.24) is 15.1 Å². The number of carboxylic acid groups (broad SMARTS) is 1. The topological polar surface area (TPSA) is 72.9 Å². The summed E-state index contributed by atoms with van der Waals surface area (Å²) in [5.41, 5.74) is -0.911. The number of alkyl halides is 2. The SMILES string of the molecule is CCCCCCN1CCC(NC(=O)[C@@]2(CC(=O)O)CN(Cc3c(Cl)cccc3C(F)F)C[C@H]2C)CC1. The second-order valence-electron chi connectivity index (χ2n) is 10.6. The number of halogens is 3. The lowest BCUT2D eigenvalue weighted by atomic mass is 9.75. The molecule has 1 aromatic carbocycles. The van der Waals surface area contributed by atoms with Gasteiger partial charge in [-0.15, -0.1) is 0 Å². The number of hydrogen-bond donors (Lipinski definition) is 2. The molecule has 2 atom stereocenters. The van der Waals surface area contributed by atoms with Crippen molar-refractivity contribution in [3.8, 4) is 0 Å². The average Bonchev–Trinajstić information content (AvgIpc) is 3.14. The van der Waals surface area contributed by atoms with Crippen LogP contribution in [0.3, 0.4) is 0 Å². The Labute approximate surface area is 218 Å². The fourth-order valence-electron chi connectivity index (χ4n) is 5.74. The first kappa shape index (κ1) is 28.8. The van der Waals surface area contributed by atoms with Gasteiger partial charge in [-0.3, -0.25) is 14.5 Å². The predicted octanol–water partition coefficient (Wildman–Crippen LogP) is 5.35. The van der Waals surface area contributed by atoms with Crippen LogP contribution in [0.1, 0.15) is 76.3 Å². The molecule has 3 rings (SSSR count). The third kappa shape index (κ3) is 7.17. The summed E-state index contributed by atoms with van der Waals surface area (Å²) < 4.78 is 27.2. The van der Waals surface area contributed by atoms with Gasteiger partial charge in [0.1, 0.15) is 0 Å². The van der Waals surface area contributed by atoms with Gasteiger partial charge >= 0.3 is 5.97 Å². The average molecular weight is 528 g/mol. The first-order chi connectivity index (χ1) is 17.2. The van der Waals surface area contributed by atoms with Crippen LogP contribution in [-0.2, 0) is 16.1 Å². The minimum absolute atomic E-state index is 0.0188. The molecule has 0 spiro atoms. The number of carboxylic acids is 1. The number of carbonyl (C=O) groups is 2. The molecule has 2 aliphatic heterocycles. The zero-order valence-corrected chi connectivity index (χ0v) is 22.2.